The van der Waals surface area contributed by atoms with Gasteiger partial charge in [0.05, 0.1) is 23.9 Å². The number of hydrogen-bond donors (Lipinski definition) is 0. The van der Waals surface area contributed by atoms with E-state index in [9.17, 15) is 14.4 Å². The first kappa shape index (κ1) is 18.6. The van der Waals surface area contributed by atoms with E-state index in [-0.39, 0.29) is 23.9 Å². The van der Waals surface area contributed by atoms with E-state index in [1.165, 1.54) is 12.3 Å². The zero-order chi connectivity index (χ0) is 20.7. The number of thiazole rings is 1. The number of rotatable bonds is 4. The quantitative estimate of drug-likeness (QED) is 0.601. The maximum Gasteiger partial charge on any atom is 0.261 e. The fraction of sp³-hybridized carbons (Fsp3) is 0.238. The highest BCUT2D eigenvalue weighted by molar-refractivity contribution is 7.13. The Kier molecular flexibility index (Phi) is 4.59. The molecule has 3 aromatic rings. The Morgan fingerprint density at radius 2 is 1.87 bits per heavy atom. The Hall–Kier alpha value is -3.46. The summed E-state index contributed by atoms with van der Waals surface area (Å²) in [5, 5.41) is 2.89. The van der Waals surface area contributed by atoms with Crippen molar-refractivity contribution in [2.24, 2.45) is 0 Å². The number of hydrogen-bond acceptors (Lipinski definition) is 7. The number of piperazine rings is 1. The Labute approximate surface area is 176 Å². The molecule has 0 atom stereocenters. The summed E-state index contributed by atoms with van der Waals surface area (Å²) in [7, 11) is 0. The van der Waals surface area contributed by atoms with Crippen molar-refractivity contribution in [2.45, 2.75) is 6.54 Å². The molecule has 1 fully saturated rings. The van der Waals surface area contributed by atoms with Gasteiger partial charge in [-0.1, -0.05) is 0 Å². The van der Waals surface area contributed by atoms with Gasteiger partial charge in [-0.15, -0.1) is 11.3 Å². The first-order valence-corrected chi connectivity index (χ1v) is 10.5. The maximum atomic E-state index is 13.0. The van der Waals surface area contributed by atoms with E-state index in [1.54, 1.807) is 46.7 Å². The number of anilines is 1. The second-order valence-electron chi connectivity index (χ2n) is 7.13. The Morgan fingerprint density at radius 3 is 2.57 bits per heavy atom. The Balaban J connectivity index is 1.31. The summed E-state index contributed by atoms with van der Waals surface area (Å²) in [6.07, 6.45) is 3.27. The first-order valence-electron chi connectivity index (χ1n) is 9.58. The van der Waals surface area contributed by atoms with Gasteiger partial charge >= 0.3 is 0 Å². The predicted molar refractivity (Wildman–Crippen MR) is 110 cm³/mol. The molecule has 0 spiro atoms. The monoisotopic (exact) mass is 422 g/mol. The number of nitrogens with zero attached hydrogens (tertiary/aromatic N) is 4. The predicted octanol–water partition coefficient (Wildman–Crippen LogP) is 2.49. The molecule has 0 bridgehead atoms. The molecule has 1 aromatic carbocycles. The standard InChI is InChI=1S/C21H18N4O4S/c26-18(23-6-8-24(9-7-23)21-22-5-11-30-21)14-3-4-16-17(12-14)20(28)25(19(16)27)13-15-2-1-10-29-15/h1-5,10-12H,6-9,13H2. The van der Waals surface area contributed by atoms with E-state index in [1.807, 2.05) is 5.38 Å². The van der Waals surface area contributed by atoms with Gasteiger partial charge in [-0.25, -0.2) is 4.98 Å². The molecule has 4 heterocycles. The van der Waals surface area contributed by atoms with Crippen LogP contribution in [0.25, 0.3) is 0 Å². The van der Waals surface area contributed by atoms with Crippen LogP contribution in [0, 0.1) is 0 Å². The second kappa shape index (κ2) is 7.42. The highest BCUT2D eigenvalue weighted by Gasteiger charge is 2.37. The lowest BCUT2D eigenvalue weighted by molar-refractivity contribution is 0.0631. The van der Waals surface area contributed by atoms with Crippen LogP contribution in [0.5, 0.6) is 0 Å². The van der Waals surface area contributed by atoms with Crippen molar-refractivity contribution >= 4 is 34.2 Å². The van der Waals surface area contributed by atoms with E-state index >= 15 is 0 Å². The van der Waals surface area contributed by atoms with E-state index in [0.717, 1.165) is 10.0 Å². The highest BCUT2D eigenvalue weighted by Crippen LogP contribution is 2.27. The zero-order valence-corrected chi connectivity index (χ0v) is 16.8. The van der Waals surface area contributed by atoms with E-state index < -0.39 is 5.91 Å². The molecule has 152 valence electrons. The van der Waals surface area contributed by atoms with E-state index in [0.29, 0.717) is 43.1 Å². The van der Waals surface area contributed by atoms with Crippen molar-refractivity contribution in [3.8, 4) is 0 Å². The van der Waals surface area contributed by atoms with Crippen molar-refractivity contribution in [1.29, 1.82) is 0 Å². The number of fused-ring (bicyclic) bond motifs is 1. The average molecular weight is 422 g/mol. The molecular formula is C21H18N4O4S. The maximum absolute atomic E-state index is 13.0. The minimum absolute atomic E-state index is 0.0708. The molecule has 0 unspecified atom stereocenters. The van der Waals surface area contributed by atoms with E-state index in [4.69, 9.17) is 4.42 Å². The van der Waals surface area contributed by atoms with Crippen molar-refractivity contribution in [3.05, 3.63) is 70.6 Å². The number of aromatic nitrogens is 1. The second-order valence-corrected chi connectivity index (χ2v) is 8.00. The van der Waals surface area contributed by atoms with Crippen LogP contribution in [0.1, 0.15) is 36.8 Å². The van der Waals surface area contributed by atoms with Crippen LogP contribution in [-0.2, 0) is 6.54 Å². The van der Waals surface area contributed by atoms with Crippen LogP contribution < -0.4 is 4.90 Å². The third-order valence-electron chi connectivity index (χ3n) is 5.37. The number of benzene rings is 1. The Morgan fingerprint density at radius 1 is 1.07 bits per heavy atom. The minimum atomic E-state index is -0.408. The zero-order valence-electron chi connectivity index (χ0n) is 16.0. The van der Waals surface area contributed by atoms with Crippen LogP contribution in [0.15, 0.2) is 52.6 Å². The van der Waals surface area contributed by atoms with Crippen molar-refractivity contribution < 1.29 is 18.8 Å². The molecule has 0 N–H and O–H groups in total. The lowest BCUT2D eigenvalue weighted by atomic mass is 10.0. The molecule has 9 heteroatoms. The molecule has 0 aliphatic carbocycles. The van der Waals surface area contributed by atoms with Crippen LogP contribution in [0.2, 0.25) is 0 Å². The van der Waals surface area contributed by atoms with Crippen LogP contribution in [-0.4, -0.2) is 58.7 Å². The van der Waals surface area contributed by atoms with Crippen LogP contribution in [0.4, 0.5) is 5.13 Å². The molecular weight excluding hydrogens is 404 g/mol. The molecule has 5 rings (SSSR count). The van der Waals surface area contributed by atoms with Gasteiger partial charge in [0.15, 0.2) is 5.13 Å². The minimum Gasteiger partial charge on any atom is -0.467 e. The fourth-order valence-electron chi connectivity index (χ4n) is 3.78. The van der Waals surface area contributed by atoms with Crippen molar-refractivity contribution in [2.75, 3.05) is 31.1 Å². The summed E-state index contributed by atoms with van der Waals surface area (Å²) in [5.41, 5.74) is 0.993. The molecule has 2 aliphatic rings. The number of carbonyl (C=O) groups excluding carboxylic acids is 3. The van der Waals surface area contributed by atoms with Gasteiger partial charge in [0, 0.05) is 43.3 Å². The lowest BCUT2D eigenvalue weighted by Crippen LogP contribution is -2.48. The van der Waals surface area contributed by atoms with Crippen molar-refractivity contribution in [1.82, 2.24) is 14.8 Å². The first-order chi connectivity index (χ1) is 14.6. The third-order valence-corrected chi connectivity index (χ3v) is 6.20. The molecule has 2 aromatic heterocycles. The van der Waals surface area contributed by atoms with Gasteiger partial charge in [-0.05, 0) is 30.3 Å². The molecule has 30 heavy (non-hydrogen) atoms. The largest absolute Gasteiger partial charge is 0.467 e. The Bertz CT molecular complexity index is 1100. The van der Waals surface area contributed by atoms with Gasteiger partial charge in [0.1, 0.15) is 5.76 Å². The lowest BCUT2D eigenvalue weighted by Gasteiger charge is -2.34. The SMILES string of the molecule is O=C(c1ccc2c(c1)C(=O)N(Cc1ccco1)C2=O)N1CCN(c2nccs2)CC1. The van der Waals surface area contributed by atoms with Gasteiger partial charge in [-0.3, -0.25) is 19.3 Å². The normalized spacial score (nSPS) is 16.3. The summed E-state index contributed by atoms with van der Waals surface area (Å²) in [5.74, 6) is -0.391. The molecule has 2 aliphatic heterocycles. The highest BCUT2D eigenvalue weighted by atomic mass is 32.1. The van der Waals surface area contributed by atoms with Gasteiger partial charge in [-0.2, -0.15) is 0 Å². The molecule has 8 nitrogen and oxygen atoms in total. The van der Waals surface area contributed by atoms with Gasteiger partial charge in [0.2, 0.25) is 0 Å². The van der Waals surface area contributed by atoms with Gasteiger partial charge in [0.25, 0.3) is 17.7 Å². The summed E-state index contributed by atoms with van der Waals surface area (Å²) in [6, 6.07) is 8.14. The van der Waals surface area contributed by atoms with Gasteiger partial charge < -0.3 is 14.2 Å². The number of carbonyl (C=O) groups is 3. The summed E-state index contributed by atoms with van der Waals surface area (Å²) >= 11 is 1.58. The average Bonchev–Trinajstić information content (AvgIpc) is 3.53. The summed E-state index contributed by atoms with van der Waals surface area (Å²) in [6.45, 7) is 2.64. The van der Waals surface area contributed by atoms with Crippen LogP contribution >= 0.6 is 11.3 Å². The smallest absolute Gasteiger partial charge is 0.261 e. The van der Waals surface area contributed by atoms with E-state index in [2.05, 4.69) is 9.88 Å². The molecule has 0 saturated carbocycles. The molecule has 0 radical (unpaired) electrons. The van der Waals surface area contributed by atoms with Crippen molar-refractivity contribution in [3.63, 3.8) is 0 Å². The molecule has 3 amide bonds. The summed E-state index contributed by atoms with van der Waals surface area (Å²) < 4.78 is 5.25. The summed E-state index contributed by atoms with van der Waals surface area (Å²) in [4.78, 5) is 47.8. The van der Waals surface area contributed by atoms with Crippen LogP contribution in [0.3, 0.4) is 0 Å². The third kappa shape index (κ3) is 3.17. The number of amides is 3. The topological polar surface area (TPSA) is 87.0 Å². The molecule has 1 saturated heterocycles. The number of furan rings is 1. The number of imide groups is 1. The fourth-order valence-corrected chi connectivity index (χ4v) is 4.48.